The van der Waals surface area contributed by atoms with Crippen molar-refractivity contribution in [1.29, 1.82) is 0 Å². The highest BCUT2D eigenvalue weighted by Crippen LogP contribution is 2.42. The molecule has 0 saturated carbocycles. The van der Waals surface area contributed by atoms with Crippen molar-refractivity contribution in [2.45, 2.75) is 31.8 Å². The molecular weight excluding hydrogens is 408 g/mol. The van der Waals surface area contributed by atoms with Crippen molar-refractivity contribution in [2.75, 3.05) is 0 Å². The van der Waals surface area contributed by atoms with Gasteiger partial charge in [0.05, 0.1) is 17.2 Å². The summed E-state index contributed by atoms with van der Waals surface area (Å²) in [6.07, 6.45) is 0.688. The van der Waals surface area contributed by atoms with Crippen LogP contribution in [0.25, 0.3) is 0 Å². The van der Waals surface area contributed by atoms with Crippen LogP contribution in [0.1, 0.15) is 50.6 Å². The summed E-state index contributed by atoms with van der Waals surface area (Å²) in [5.74, 6) is -2.54. The Bertz CT molecular complexity index is 1120. The first kappa shape index (κ1) is 20.2. The fraction of sp³-hybridized carbons (Fsp3) is 0.227. The molecule has 2 atom stereocenters. The first-order chi connectivity index (χ1) is 14.4. The number of rotatable bonds is 5. The SMILES string of the molecule is Cc1ncsc1C(=O)N(C(C(N)=O)c1ccccc1)[C@@H]1CCc2c(F)cc(F)cc21. The zero-order valence-corrected chi connectivity index (χ0v) is 17.0. The molecule has 154 valence electrons. The lowest BCUT2D eigenvalue weighted by atomic mass is 9.98. The molecule has 2 aromatic carbocycles. The summed E-state index contributed by atoms with van der Waals surface area (Å²) in [6, 6.07) is 8.97. The maximum atomic E-state index is 14.4. The Labute approximate surface area is 176 Å². The van der Waals surface area contributed by atoms with E-state index >= 15 is 0 Å². The Hall–Kier alpha value is -3.13. The van der Waals surface area contributed by atoms with Crippen molar-refractivity contribution in [2.24, 2.45) is 5.73 Å². The number of carbonyl (C=O) groups excluding carboxylic acids is 2. The molecule has 1 heterocycles. The molecule has 1 aliphatic carbocycles. The normalized spacial score (nSPS) is 16.2. The third kappa shape index (κ3) is 3.47. The van der Waals surface area contributed by atoms with Gasteiger partial charge in [0.15, 0.2) is 0 Å². The van der Waals surface area contributed by atoms with E-state index in [1.807, 2.05) is 0 Å². The number of aryl methyl sites for hydroxylation is 1. The maximum absolute atomic E-state index is 14.4. The number of hydrogen-bond acceptors (Lipinski definition) is 4. The number of halogens is 2. The molecule has 30 heavy (non-hydrogen) atoms. The standard InChI is InChI=1S/C22H19F2N3O2S/c1-12-20(30-11-26-12)22(29)27(19(21(25)28)13-5-3-2-4-6-13)18-8-7-15-16(18)9-14(23)10-17(15)24/h2-6,9-11,18-19H,7-8H2,1H3,(H2,25,28)/t18-,19?/m1/s1. The number of aromatic nitrogens is 1. The fourth-order valence-corrected chi connectivity index (χ4v) is 4.82. The van der Waals surface area contributed by atoms with Crippen LogP contribution >= 0.6 is 11.3 Å². The molecule has 5 nitrogen and oxygen atoms in total. The zero-order chi connectivity index (χ0) is 21.4. The van der Waals surface area contributed by atoms with Crippen LogP contribution in [-0.4, -0.2) is 21.7 Å². The van der Waals surface area contributed by atoms with Gasteiger partial charge in [0.25, 0.3) is 5.91 Å². The van der Waals surface area contributed by atoms with Crippen molar-refractivity contribution in [3.63, 3.8) is 0 Å². The van der Waals surface area contributed by atoms with Crippen LogP contribution in [-0.2, 0) is 11.2 Å². The molecule has 0 aliphatic heterocycles. The van der Waals surface area contributed by atoms with E-state index in [0.717, 1.165) is 17.4 Å². The van der Waals surface area contributed by atoms with Crippen molar-refractivity contribution >= 4 is 23.2 Å². The largest absolute Gasteiger partial charge is 0.368 e. The summed E-state index contributed by atoms with van der Waals surface area (Å²) >= 11 is 1.15. The van der Waals surface area contributed by atoms with Crippen LogP contribution in [0.3, 0.4) is 0 Å². The predicted octanol–water partition coefficient (Wildman–Crippen LogP) is 4.09. The number of fused-ring (bicyclic) bond motifs is 1. The van der Waals surface area contributed by atoms with E-state index in [1.54, 1.807) is 42.8 Å². The summed E-state index contributed by atoms with van der Waals surface area (Å²) in [4.78, 5) is 32.0. The van der Waals surface area contributed by atoms with Crippen LogP contribution in [0, 0.1) is 18.6 Å². The highest BCUT2D eigenvalue weighted by atomic mass is 32.1. The maximum Gasteiger partial charge on any atom is 0.267 e. The molecule has 1 aromatic heterocycles. The van der Waals surface area contributed by atoms with Gasteiger partial charge >= 0.3 is 0 Å². The number of thiazole rings is 1. The van der Waals surface area contributed by atoms with Gasteiger partial charge < -0.3 is 10.6 Å². The van der Waals surface area contributed by atoms with E-state index in [-0.39, 0.29) is 0 Å². The van der Waals surface area contributed by atoms with Crippen molar-refractivity contribution in [1.82, 2.24) is 9.88 Å². The molecule has 4 rings (SSSR count). The van der Waals surface area contributed by atoms with Gasteiger partial charge in [0, 0.05) is 6.07 Å². The van der Waals surface area contributed by atoms with Crippen LogP contribution in [0.2, 0.25) is 0 Å². The van der Waals surface area contributed by atoms with Crippen LogP contribution in [0.4, 0.5) is 8.78 Å². The molecule has 2 amide bonds. The van der Waals surface area contributed by atoms with E-state index in [2.05, 4.69) is 4.98 Å². The third-order valence-electron chi connectivity index (χ3n) is 5.39. The van der Waals surface area contributed by atoms with Crippen LogP contribution < -0.4 is 5.73 Å². The number of nitrogens with zero attached hydrogens (tertiary/aromatic N) is 2. The van der Waals surface area contributed by atoms with E-state index < -0.39 is 35.5 Å². The molecule has 1 aliphatic rings. The van der Waals surface area contributed by atoms with E-state index in [0.29, 0.717) is 40.1 Å². The molecule has 0 spiro atoms. The van der Waals surface area contributed by atoms with Gasteiger partial charge in [-0.05, 0) is 42.5 Å². The Balaban J connectivity index is 1.89. The molecular formula is C22H19F2N3O2S. The van der Waals surface area contributed by atoms with Crippen LogP contribution in [0.5, 0.6) is 0 Å². The number of benzene rings is 2. The van der Waals surface area contributed by atoms with Gasteiger partial charge in [-0.15, -0.1) is 11.3 Å². The second-order valence-corrected chi connectivity index (χ2v) is 8.06. The number of amides is 2. The summed E-state index contributed by atoms with van der Waals surface area (Å²) in [5, 5.41) is 0. The fourth-order valence-electron chi connectivity index (χ4n) is 4.07. The second kappa shape index (κ2) is 7.95. The molecule has 0 saturated heterocycles. The van der Waals surface area contributed by atoms with Crippen molar-refractivity contribution in [3.05, 3.63) is 86.9 Å². The first-order valence-corrected chi connectivity index (χ1v) is 10.3. The third-order valence-corrected chi connectivity index (χ3v) is 6.31. The second-order valence-electron chi connectivity index (χ2n) is 7.20. The average molecular weight is 427 g/mol. The summed E-state index contributed by atoms with van der Waals surface area (Å²) in [6.45, 7) is 1.70. The van der Waals surface area contributed by atoms with Gasteiger partial charge in [-0.1, -0.05) is 30.3 Å². The van der Waals surface area contributed by atoms with Crippen molar-refractivity contribution < 1.29 is 18.4 Å². The van der Waals surface area contributed by atoms with E-state index in [1.165, 1.54) is 11.0 Å². The molecule has 1 unspecified atom stereocenters. The Morgan fingerprint density at radius 2 is 1.97 bits per heavy atom. The van der Waals surface area contributed by atoms with Gasteiger partial charge in [-0.25, -0.2) is 13.8 Å². The lowest BCUT2D eigenvalue weighted by molar-refractivity contribution is -0.123. The Morgan fingerprint density at radius 3 is 2.60 bits per heavy atom. The highest BCUT2D eigenvalue weighted by molar-refractivity contribution is 7.11. The topological polar surface area (TPSA) is 76.3 Å². The molecule has 0 bridgehead atoms. The van der Waals surface area contributed by atoms with Gasteiger partial charge in [-0.2, -0.15) is 0 Å². The minimum Gasteiger partial charge on any atom is -0.368 e. The Morgan fingerprint density at radius 1 is 1.23 bits per heavy atom. The smallest absolute Gasteiger partial charge is 0.267 e. The summed E-state index contributed by atoms with van der Waals surface area (Å²) < 4.78 is 28.4. The minimum atomic E-state index is -1.09. The molecule has 0 fully saturated rings. The average Bonchev–Trinajstić information content (AvgIpc) is 3.32. The first-order valence-electron chi connectivity index (χ1n) is 9.43. The predicted molar refractivity (Wildman–Crippen MR) is 109 cm³/mol. The van der Waals surface area contributed by atoms with Crippen molar-refractivity contribution in [3.8, 4) is 0 Å². The van der Waals surface area contributed by atoms with Gasteiger partial charge in [-0.3, -0.25) is 9.59 Å². The molecule has 0 radical (unpaired) electrons. The molecule has 8 heteroatoms. The highest BCUT2D eigenvalue weighted by Gasteiger charge is 2.41. The van der Waals surface area contributed by atoms with Gasteiger partial charge in [0.2, 0.25) is 5.91 Å². The molecule has 3 aromatic rings. The monoisotopic (exact) mass is 427 g/mol. The number of carbonyl (C=O) groups is 2. The van der Waals surface area contributed by atoms with E-state index in [9.17, 15) is 18.4 Å². The lowest BCUT2D eigenvalue weighted by Crippen LogP contribution is -2.43. The summed E-state index contributed by atoms with van der Waals surface area (Å²) in [5.41, 5.74) is 9.08. The van der Waals surface area contributed by atoms with Crippen LogP contribution in [0.15, 0.2) is 48.0 Å². The zero-order valence-electron chi connectivity index (χ0n) is 16.1. The Kier molecular flexibility index (Phi) is 5.34. The quantitative estimate of drug-likeness (QED) is 0.666. The van der Waals surface area contributed by atoms with Gasteiger partial charge in [0.1, 0.15) is 22.6 Å². The number of nitrogens with two attached hydrogens (primary N) is 1. The number of hydrogen-bond donors (Lipinski definition) is 1. The molecule has 2 N–H and O–H groups in total. The summed E-state index contributed by atoms with van der Waals surface area (Å²) in [7, 11) is 0. The van der Waals surface area contributed by atoms with E-state index in [4.69, 9.17) is 5.73 Å². The minimum absolute atomic E-state index is 0.331. The lowest BCUT2D eigenvalue weighted by Gasteiger charge is -2.35. The number of primary amides is 1.